The van der Waals surface area contributed by atoms with Crippen LogP contribution in [-0.4, -0.2) is 30.5 Å². The molecule has 0 saturated heterocycles. The molecule has 0 aliphatic heterocycles. The number of carbonyl (C=O) groups is 1. The third kappa shape index (κ3) is 6.38. The van der Waals surface area contributed by atoms with Crippen LogP contribution in [0.3, 0.4) is 0 Å². The molecule has 0 atom stereocenters. The number of nitrogens with one attached hydrogen (secondary N) is 1. The molecule has 0 fully saturated rings. The van der Waals surface area contributed by atoms with Crippen molar-refractivity contribution in [2.24, 2.45) is 5.73 Å². The first-order valence-corrected chi connectivity index (χ1v) is 8.82. The second-order valence-electron chi connectivity index (χ2n) is 6.47. The van der Waals surface area contributed by atoms with Gasteiger partial charge in [0.05, 0.1) is 11.3 Å². The Balaban J connectivity index is 1.79. The Morgan fingerprint density at radius 3 is 2.52 bits per heavy atom. The maximum atomic E-state index is 11.2. The summed E-state index contributed by atoms with van der Waals surface area (Å²) in [5.41, 5.74) is 9.29. The van der Waals surface area contributed by atoms with Crippen LogP contribution in [-0.2, 0) is 17.6 Å². The Morgan fingerprint density at radius 1 is 1.11 bits per heavy atom. The zero-order valence-corrected chi connectivity index (χ0v) is 15.7. The normalized spacial score (nSPS) is 10.6. The highest BCUT2D eigenvalue weighted by Crippen LogP contribution is 2.28. The number of amides is 1. The highest BCUT2D eigenvalue weighted by molar-refractivity contribution is 5.77. The molecule has 0 aromatic heterocycles. The first-order chi connectivity index (χ1) is 12.9. The summed E-state index contributed by atoms with van der Waals surface area (Å²) in [4.78, 5) is 21.6. The number of aryl methyl sites for hydroxylation is 2. The van der Waals surface area contributed by atoms with Gasteiger partial charge in [-0.05, 0) is 55.1 Å². The summed E-state index contributed by atoms with van der Waals surface area (Å²) in [5.74, 6) is -0.352. The van der Waals surface area contributed by atoms with Gasteiger partial charge in [0.15, 0.2) is 5.75 Å². The lowest BCUT2D eigenvalue weighted by Crippen LogP contribution is -2.23. The van der Waals surface area contributed by atoms with E-state index in [0.717, 1.165) is 13.0 Å². The third-order valence-electron chi connectivity index (χ3n) is 4.30. The van der Waals surface area contributed by atoms with Gasteiger partial charge in [-0.1, -0.05) is 24.3 Å². The van der Waals surface area contributed by atoms with E-state index >= 15 is 0 Å². The minimum Gasteiger partial charge on any atom is -0.485 e. The van der Waals surface area contributed by atoms with Crippen LogP contribution in [0.15, 0.2) is 36.4 Å². The van der Waals surface area contributed by atoms with E-state index in [4.69, 9.17) is 10.5 Å². The first-order valence-electron chi connectivity index (χ1n) is 8.82. The van der Waals surface area contributed by atoms with Crippen molar-refractivity contribution in [1.29, 1.82) is 0 Å². The van der Waals surface area contributed by atoms with Gasteiger partial charge in [0.1, 0.15) is 6.61 Å². The Labute approximate surface area is 158 Å². The van der Waals surface area contributed by atoms with Gasteiger partial charge in [0.2, 0.25) is 5.91 Å². The van der Waals surface area contributed by atoms with E-state index in [1.165, 1.54) is 28.8 Å². The molecular formula is C20H25N3O4. The van der Waals surface area contributed by atoms with Crippen LogP contribution in [0.5, 0.6) is 5.75 Å². The maximum absolute atomic E-state index is 11.2. The van der Waals surface area contributed by atoms with Crippen LogP contribution in [0.1, 0.15) is 22.3 Å². The van der Waals surface area contributed by atoms with E-state index in [-0.39, 0.29) is 17.9 Å². The Morgan fingerprint density at radius 2 is 1.85 bits per heavy atom. The number of benzene rings is 2. The van der Waals surface area contributed by atoms with Gasteiger partial charge < -0.3 is 15.8 Å². The molecule has 0 bridgehead atoms. The van der Waals surface area contributed by atoms with Crippen molar-refractivity contribution >= 4 is 11.6 Å². The summed E-state index contributed by atoms with van der Waals surface area (Å²) in [6.07, 6.45) is 0.865. The molecule has 0 aliphatic rings. The molecule has 1 amide bonds. The van der Waals surface area contributed by atoms with E-state index in [0.29, 0.717) is 18.7 Å². The molecular weight excluding hydrogens is 346 g/mol. The first kappa shape index (κ1) is 20.4. The van der Waals surface area contributed by atoms with Crippen LogP contribution < -0.4 is 15.8 Å². The van der Waals surface area contributed by atoms with Gasteiger partial charge in [-0.15, -0.1) is 0 Å². The average molecular weight is 371 g/mol. The molecule has 2 aromatic rings. The summed E-state index contributed by atoms with van der Waals surface area (Å²) < 4.78 is 5.53. The molecule has 7 nitrogen and oxygen atoms in total. The molecule has 2 rings (SSSR count). The Bertz CT molecular complexity index is 821. The number of nitro groups is 1. The van der Waals surface area contributed by atoms with Gasteiger partial charge in [-0.2, -0.15) is 0 Å². The molecule has 27 heavy (non-hydrogen) atoms. The van der Waals surface area contributed by atoms with E-state index in [1.54, 1.807) is 6.07 Å². The molecule has 7 heteroatoms. The van der Waals surface area contributed by atoms with E-state index in [2.05, 4.69) is 37.4 Å². The standard InChI is InChI=1S/C20H25N3O4/c1-14-3-4-16(11-15(14)2)7-8-22-9-10-27-19-6-5-17(13-20(21)24)12-18(19)23(25)26/h3-6,11-12,22H,7-10,13H2,1-2H3,(H2,21,24). The summed E-state index contributed by atoms with van der Waals surface area (Å²) in [6.45, 7) is 5.87. The van der Waals surface area contributed by atoms with Gasteiger partial charge in [0, 0.05) is 12.6 Å². The largest absolute Gasteiger partial charge is 0.485 e. The van der Waals surface area contributed by atoms with Crippen LogP contribution >= 0.6 is 0 Å². The predicted molar refractivity (Wildman–Crippen MR) is 104 cm³/mol. The van der Waals surface area contributed by atoms with Crippen molar-refractivity contribution < 1.29 is 14.5 Å². The minimum absolute atomic E-state index is 0.0405. The Kier molecular flexibility index (Phi) is 7.31. The van der Waals surface area contributed by atoms with Gasteiger partial charge in [-0.3, -0.25) is 14.9 Å². The highest BCUT2D eigenvalue weighted by atomic mass is 16.6. The van der Waals surface area contributed by atoms with Crippen LogP contribution in [0.25, 0.3) is 0 Å². The van der Waals surface area contributed by atoms with Gasteiger partial charge in [0.25, 0.3) is 0 Å². The maximum Gasteiger partial charge on any atom is 0.311 e. The lowest BCUT2D eigenvalue weighted by Gasteiger charge is -2.09. The number of nitro benzene ring substituents is 1. The molecule has 144 valence electrons. The molecule has 3 N–H and O–H groups in total. The van der Waals surface area contributed by atoms with Crippen LogP contribution in [0, 0.1) is 24.0 Å². The van der Waals surface area contributed by atoms with Crippen molar-refractivity contribution in [2.45, 2.75) is 26.7 Å². The third-order valence-corrected chi connectivity index (χ3v) is 4.30. The van der Waals surface area contributed by atoms with E-state index in [1.807, 2.05) is 0 Å². The molecule has 0 radical (unpaired) electrons. The molecule has 2 aromatic carbocycles. The zero-order valence-electron chi connectivity index (χ0n) is 15.7. The molecule has 0 spiro atoms. The van der Waals surface area contributed by atoms with Crippen molar-refractivity contribution in [3.05, 3.63) is 68.8 Å². The second kappa shape index (κ2) is 9.68. The fraction of sp³-hybridized carbons (Fsp3) is 0.350. The number of hydrogen-bond acceptors (Lipinski definition) is 5. The van der Waals surface area contributed by atoms with E-state index in [9.17, 15) is 14.9 Å². The fourth-order valence-electron chi connectivity index (χ4n) is 2.69. The number of hydrogen-bond donors (Lipinski definition) is 2. The predicted octanol–water partition coefficient (Wildman–Crippen LogP) is 2.45. The summed E-state index contributed by atoms with van der Waals surface area (Å²) in [7, 11) is 0. The molecule has 0 unspecified atom stereocenters. The Hall–Kier alpha value is -2.93. The summed E-state index contributed by atoms with van der Waals surface area (Å²) in [6, 6.07) is 10.9. The minimum atomic E-state index is -0.536. The topological polar surface area (TPSA) is 107 Å². The quantitative estimate of drug-likeness (QED) is 0.379. The van der Waals surface area contributed by atoms with Crippen molar-refractivity contribution in [1.82, 2.24) is 5.32 Å². The molecule has 0 saturated carbocycles. The monoisotopic (exact) mass is 371 g/mol. The van der Waals surface area contributed by atoms with Gasteiger partial charge in [-0.25, -0.2) is 0 Å². The number of nitrogens with two attached hydrogens (primary N) is 1. The number of carbonyl (C=O) groups excluding carboxylic acids is 1. The second-order valence-corrected chi connectivity index (χ2v) is 6.47. The van der Waals surface area contributed by atoms with Crippen LogP contribution in [0.4, 0.5) is 5.69 Å². The van der Waals surface area contributed by atoms with Crippen molar-refractivity contribution in [3.63, 3.8) is 0 Å². The smallest absolute Gasteiger partial charge is 0.311 e. The number of ether oxygens (including phenoxy) is 1. The van der Waals surface area contributed by atoms with Crippen LogP contribution in [0.2, 0.25) is 0 Å². The molecule has 0 heterocycles. The fourth-order valence-corrected chi connectivity index (χ4v) is 2.69. The van der Waals surface area contributed by atoms with Gasteiger partial charge >= 0.3 is 5.69 Å². The van der Waals surface area contributed by atoms with E-state index < -0.39 is 10.8 Å². The highest BCUT2D eigenvalue weighted by Gasteiger charge is 2.16. The molecule has 0 aliphatic carbocycles. The average Bonchev–Trinajstić information content (AvgIpc) is 2.61. The zero-order chi connectivity index (χ0) is 19.8. The number of primary amides is 1. The SMILES string of the molecule is Cc1ccc(CCNCCOc2ccc(CC(N)=O)cc2[N+](=O)[O-])cc1C. The summed E-state index contributed by atoms with van der Waals surface area (Å²) >= 11 is 0. The summed E-state index contributed by atoms with van der Waals surface area (Å²) in [5, 5.41) is 14.5. The number of nitrogens with zero attached hydrogens (tertiary/aromatic N) is 1. The lowest BCUT2D eigenvalue weighted by atomic mass is 10.0. The number of rotatable bonds is 10. The van der Waals surface area contributed by atoms with Crippen molar-refractivity contribution in [2.75, 3.05) is 19.7 Å². The lowest BCUT2D eigenvalue weighted by molar-refractivity contribution is -0.385. The van der Waals surface area contributed by atoms with Crippen molar-refractivity contribution in [3.8, 4) is 5.75 Å².